The third-order valence-corrected chi connectivity index (χ3v) is 4.12. The Labute approximate surface area is 187 Å². The van der Waals surface area contributed by atoms with Crippen LogP contribution in [0.25, 0.3) is 11.1 Å². The molecule has 5 heteroatoms. The van der Waals surface area contributed by atoms with Gasteiger partial charge in [-0.15, -0.1) is 0 Å². The van der Waals surface area contributed by atoms with E-state index in [1.165, 1.54) is 16.7 Å². The van der Waals surface area contributed by atoms with Gasteiger partial charge in [0.2, 0.25) is 0 Å². The van der Waals surface area contributed by atoms with E-state index < -0.39 is 12.6 Å². The Morgan fingerprint density at radius 3 is 2.21 bits per heavy atom. The fourth-order valence-corrected chi connectivity index (χ4v) is 2.90. The van der Waals surface area contributed by atoms with Crippen molar-refractivity contribution in [3.05, 3.63) is 90.0 Å². The van der Waals surface area contributed by atoms with Gasteiger partial charge < -0.3 is 19.4 Å². The van der Waals surface area contributed by atoms with Crippen molar-refractivity contribution in [3.8, 4) is 16.9 Å². The molecule has 0 spiro atoms. The molecule has 0 fully saturated rings. The quantitative estimate of drug-likeness (QED) is 0.388. The molecule has 3 aromatic carbocycles. The van der Waals surface area contributed by atoms with E-state index in [2.05, 4.69) is 30.3 Å². The zero-order chi connectivity index (χ0) is 18.9. The summed E-state index contributed by atoms with van der Waals surface area (Å²) in [6.07, 6.45) is 0.795. The number of carbonyl (C=O) groups excluding carboxylic acids is 1. The van der Waals surface area contributed by atoms with Crippen LogP contribution in [0.2, 0.25) is 0 Å². The number of rotatable bonds is 9. The Hall–Kier alpha value is -2.11. The molecule has 0 amide bonds. The molecule has 3 aromatic rings. The Morgan fingerprint density at radius 2 is 1.54 bits per heavy atom. The van der Waals surface area contributed by atoms with Gasteiger partial charge in [0, 0.05) is 0 Å². The van der Waals surface area contributed by atoms with E-state index in [4.69, 9.17) is 9.47 Å². The van der Waals surface area contributed by atoms with E-state index in [1.807, 2.05) is 48.5 Å². The molecule has 0 aliphatic rings. The van der Waals surface area contributed by atoms with Gasteiger partial charge in [-0.3, -0.25) is 0 Å². The Kier molecular flexibility index (Phi) is 9.24. The van der Waals surface area contributed by atoms with Crippen molar-refractivity contribution >= 4 is 5.97 Å². The first-order valence-corrected chi connectivity index (χ1v) is 8.85. The minimum Gasteiger partial charge on any atom is -0.548 e. The molecule has 0 aromatic heterocycles. The molecule has 4 nitrogen and oxygen atoms in total. The molecule has 0 atom stereocenters. The van der Waals surface area contributed by atoms with Crippen molar-refractivity contribution < 1.29 is 48.9 Å². The van der Waals surface area contributed by atoms with Crippen LogP contribution < -0.4 is 39.4 Å². The summed E-state index contributed by atoms with van der Waals surface area (Å²) in [5, 5.41) is 10.3. The Bertz CT molecular complexity index is 866. The summed E-state index contributed by atoms with van der Waals surface area (Å²) < 4.78 is 10.7. The number of carboxylic acid groups (broad SMARTS) is 1. The number of aliphatic carboxylic acids is 1. The first-order valence-electron chi connectivity index (χ1n) is 8.85. The van der Waals surface area contributed by atoms with Crippen LogP contribution in [0.1, 0.15) is 11.1 Å². The maximum atomic E-state index is 10.3. The Morgan fingerprint density at radius 1 is 0.857 bits per heavy atom. The van der Waals surface area contributed by atoms with Gasteiger partial charge in [-0.2, -0.15) is 0 Å². The maximum absolute atomic E-state index is 10.3. The molecule has 0 unspecified atom stereocenters. The Balaban J connectivity index is 0.00000280. The molecule has 0 radical (unpaired) electrons. The number of carboxylic acids is 1. The average molecular weight is 384 g/mol. The van der Waals surface area contributed by atoms with Crippen LogP contribution in [0.4, 0.5) is 0 Å². The first kappa shape index (κ1) is 22.2. The number of hydrogen-bond donors (Lipinski definition) is 0. The topological polar surface area (TPSA) is 58.6 Å². The minimum absolute atomic E-state index is 0. The summed E-state index contributed by atoms with van der Waals surface area (Å²) >= 11 is 0. The smallest absolute Gasteiger partial charge is 0.548 e. The second kappa shape index (κ2) is 11.7. The van der Waals surface area contributed by atoms with Gasteiger partial charge >= 0.3 is 29.6 Å². The molecular formula is C23H21NaO4. The predicted molar refractivity (Wildman–Crippen MR) is 102 cm³/mol. The van der Waals surface area contributed by atoms with Crippen LogP contribution in [-0.4, -0.2) is 25.8 Å². The molecular weight excluding hydrogens is 363 g/mol. The van der Waals surface area contributed by atoms with E-state index in [-0.39, 0.29) is 42.8 Å². The van der Waals surface area contributed by atoms with Gasteiger partial charge in [-0.05, 0) is 40.8 Å². The van der Waals surface area contributed by atoms with Gasteiger partial charge in [-0.25, -0.2) is 0 Å². The van der Waals surface area contributed by atoms with Crippen molar-refractivity contribution in [2.75, 3.05) is 19.8 Å². The van der Waals surface area contributed by atoms with Crippen molar-refractivity contribution in [2.24, 2.45) is 0 Å². The van der Waals surface area contributed by atoms with Crippen molar-refractivity contribution in [2.45, 2.75) is 6.42 Å². The van der Waals surface area contributed by atoms with Crippen LogP contribution in [0.5, 0.6) is 5.75 Å². The number of ether oxygens (including phenoxy) is 2. The third kappa shape index (κ3) is 6.80. The average Bonchev–Trinajstić information content (AvgIpc) is 2.69. The number of hydrogen-bond acceptors (Lipinski definition) is 4. The van der Waals surface area contributed by atoms with E-state index in [0.717, 1.165) is 17.7 Å². The third-order valence-electron chi connectivity index (χ3n) is 4.12. The maximum Gasteiger partial charge on any atom is 1.00 e. The summed E-state index contributed by atoms with van der Waals surface area (Å²) in [4.78, 5) is 10.3. The normalized spacial score (nSPS) is 10.1. The molecule has 0 heterocycles. The minimum atomic E-state index is -1.23. The summed E-state index contributed by atoms with van der Waals surface area (Å²) in [5.74, 6) is -0.495. The van der Waals surface area contributed by atoms with Crippen LogP contribution in [0.3, 0.4) is 0 Å². The first-order chi connectivity index (χ1) is 13.2. The molecule has 0 aliphatic heterocycles. The molecule has 28 heavy (non-hydrogen) atoms. The summed E-state index contributed by atoms with van der Waals surface area (Å²) in [6.45, 7) is 0.0563. The summed E-state index contributed by atoms with van der Waals surface area (Å²) in [7, 11) is 0. The van der Waals surface area contributed by atoms with Crippen LogP contribution in [0.15, 0.2) is 78.9 Å². The molecule has 0 aliphatic carbocycles. The van der Waals surface area contributed by atoms with Crippen molar-refractivity contribution in [3.63, 3.8) is 0 Å². The molecule has 0 saturated carbocycles. The van der Waals surface area contributed by atoms with E-state index in [0.29, 0.717) is 0 Å². The summed E-state index contributed by atoms with van der Waals surface area (Å²) in [6, 6.07) is 26.6. The molecule has 0 N–H and O–H groups in total. The van der Waals surface area contributed by atoms with Crippen LogP contribution >= 0.6 is 0 Å². The van der Waals surface area contributed by atoms with Gasteiger partial charge in [0.15, 0.2) is 0 Å². The predicted octanol–water partition coefficient (Wildman–Crippen LogP) is 0.0937. The van der Waals surface area contributed by atoms with Crippen molar-refractivity contribution in [1.29, 1.82) is 0 Å². The zero-order valence-corrected chi connectivity index (χ0v) is 18.0. The van der Waals surface area contributed by atoms with E-state index >= 15 is 0 Å². The largest absolute Gasteiger partial charge is 1.00 e. The second-order valence-electron chi connectivity index (χ2n) is 6.12. The van der Waals surface area contributed by atoms with E-state index in [1.54, 1.807) is 0 Å². The fourth-order valence-electron chi connectivity index (χ4n) is 2.90. The summed E-state index contributed by atoms with van der Waals surface area (Å²) in [5.41, 5.74) is 4.72. The molecule has 0 saturated heterocycles. The van der Waals surface area contributed by atoms with Gasteiger partial charge in [0.25, 0.3) is 0 Å². The fraction of sp³-hybridized carbons (Fsp3) is 0.174. The molecule has 138 valence electrons. The zero-order valence-electron chi connectivity index (χ0n) is 16.0. The number of carbonyl (C=O) groups is 1. The molecule has 0 bridgehead atoms. The van der Waals surface area contributed by atoms with Crippen molar-refractivity contribution in [1.82, 2.24) is 0 Å². The SMILES string of the molecule is O=C([O-])COCCOc1ccc(-c2ccccc2)c(Cc2ccccc2)c1.[Na+]. The second-order valence-corrected chi connectivity index (χ2v) is 6.12. The standard InChI is InChI=1S/C23H22O4.Na/c24-23(25)17-26-13-14-27-21-11-12-22(19-9-5-2-6-10-19)20(16-21)15-18-7-3-1-4-8-18;/h1-12,16H,13-15,17H2,(H,24,25);/q;+1/p-1. The molecule has 3 rings (SSSR count). The monoisotopic (exact) mass is 384 g/mol. The van der Waals surface area contributed by atoms with Gasteiger partial charge in [0.05, 0.1) is 19.2 Å². The van der Waals surface area contributed by atoms with Gasteiger partial charge in [0.1, 0.15) is 12.4 Å². The van der Waals surface area contributed by atoms with E-state index in [9.17, 15) is 9.90 Å². The van der Waals surface area contributed by atoms with Crippen LogP contribution in [-0.2, 0) is 16.0 Å². The number of benzene rings is 3. The van der Waals surface area contributed by atoms with Gasteiger partial charge in [-0.1, -0.05) is 66.7 Å². The van der Waals surface area contributed by atoms with Crippen LogP contribution in [0, 0.1) is 0 Å².